The smallest absolute Gasteiger partial charge is 0.335 e. The van der Waals surface area contributed by atoms with Gasteiger partial charge in [-0.15, -0.1) is 0 Å². The first-order valence-electron chi connectivity index (χ1n) is 7.61. The van der Waals surface area contributed by atoms with Gasteiger partial charge >= 0.3 is 5.97 Å². The summed E-state index contributed by atoms with van der Waals surface area (Å²) in [5.41, 5.74) is 0.130. The van der Waals surface area contributed by atoms with Crippen molar-refractivity contribution < 1.29 is 27.2 Å². The highest BCUT2D eigenvalue weighted by Crippen LogP contribution is 2.24. The van der Waals surface area contributed by atoms with E-state index in [-0.39, 0.29) is 29.2 Å². The Kier molecular flexibility index (Phi) is 5.10. The van der Waals surface area contributed by atoms with Gasteiger partial charge < -0.3 is 19.3 Å². The molecule has 136 valence electrons. The third-order valence-electron chi connectivity index (χ3n) is 3.57. The average molecular weight is 376 g/mol. The summed E-state index contributed by atoms with van der Waals surface area (Å²) in [6, 6.07) is 10.6. The van der Waals surface area contributed by atoms with E-state index in [1.165, 1.54) is 24.7 Å². The minimum atomic E-state index is -3.98. The highest BCUT2D eigenvalue weighted by molar-refractivity contribution is 7.89. The molecule has 0 amide bonds. The number of nitrogens with one attached hydrogen (secondary N) is 2. The molecule has 0 unspecified atom stereocenters. The van der Waals surface area contributed by atoms with E-state index in [0.29, 0.717) is 11.5 Å². The van der Waals surface area contributed by atoms with Crippen LogP contribution in [0.1, 0.15) is 21.9 Å². The summed E-state index contributed by atoms with van der Waals surface area (Å²) in [5, 5.41) is 12.1. The molecule has 0 fully saturated rings. The number of carboxylic acids is 1. The van der Waals surface area contributed by atoms with Gasteiger partial charge in [0.15, 0.2) is 0 Å². The first kappa shape index (κ1) is 17.8. The maximum atomic E-state index is 12.7. The molecule has 26 heavy (non-hydrogen) atoms. The molecule has 0 radical (unpaired) electrons. The van der Waals surface area contributed by atoms with E-state index in [1.807, 2.05) is 0 Å². The summed E-state index contributed by atoms with van der Waals surface area (Å²) in [7, 11) is -3.98. The lowest BCUT2D eigenvalue weighted by Crippen LogP contribution is -2.24. The van der Waals surface area contributed by atoms with Gasteiger partial charge in [0.05, 0.1) is 36.9 Å². The van der Waals surface area contributed by atoms with E-state index in [2.05, 4.69) is 10.0 Å². The minimum Gasteiger partial charge on any atom is -0.478 e. The van der Waals surface area contributed by atoms with Gasteiger partial charge in [0.1, 0.15) is 16.4 Å². The molecule has 8 nitrogen and oxygen atoms in total. The van der Waals surface area contributed by atoms with Crippen molar-refractivity contribution >= 4 is 21.7 Å². The minimum absolute atomic E-state index is 0.0513. The molecule has 0 atom stereocenters. The van der Waals surface area contributed by atoms with E-state index in [9.17, 15) is 13.2 Å². The molecule has 3 aromatic rings. The maximum Gasteiger partial charge on any atom is 0.335 e. The Morgan fingerprint density at radius 3 is 2.23 bits per heavy atom. The highest BCUT2D eigenvalue weighted by Gasteiger charge is 2.21. The van der Waals surface area contributed by atoms with Gasteiger partial charge in [-0.2, -0.15) is 0 Å². The van der Waals surface area contributed by atoms with Crippen LogP contribution >= 0.6 is 0 Å². The van der Waals surface area contributed by atoms with Crippen molar-refractivity contribution in [2.24, 2.45) is 0 Å². The zero-order valence-corrected chi connectivity index (χ0v) is 14.3. The topological polar surface area (TPSA) is 122 Å². The molecular weight excluding hydrogens is 360 g/mol. The lowest BCUT2D eigenvalue weighted by atomic mass is 10.2. The number of benzene rings is 1. The van der Waals surface area contributed by atoms with Crippen molar-refractivity contribution in [3.05, 3.63) is 72.1 Å². The summed E-state index contributed by atoms with van der Waals surface area (Å²) >= 11 is 0. The van der Waals surface area contributed by atoms with E-state index in [0.717, 1.165) is 6.07 Å². The monoisotopic (exact) mass is 376 g/mol. The highest BCUT2D eigenvalue weighted by atomic mass is 32.2. The first-order valence-corrected chi connectivity index (χ1v) is 9.10. The molecule has 0 bridgehead atoms. The number of carboxylic acid groups (broad SMARTS) is 1. The van der Waals surface area contributed by atoms with E-state index < -0.39 is 16.0 Å². The number of sulfonamides is 1. The fraction of sp³-hybridized carbons (Fsp3) is 0.118. The van der Waals surface area contributed by atoms with Crippen LogP contribution in [0, 0.1) is 0 Å². The Morgan fingerprint density at radius 1 is 1.00 bits per heavy atom. The standard InChI is InChI=1S/C17H16N2O6S/c20-17(21)12-5-6-15(18-10-13-3-1-7-24-13)16(9-12)26(22,23)19-11-14-4-2-8-25-14/h1-9,18-19H,10-11H2,(H,20,21). The molecule has 9 heteroatoms. The van der Waals surface area contributed by atoms with Crippen LogP contribution in [-0.4, -0.2) is 19.5 Å². The number of carbonyl (C=O) groups is 1. The number of aromatic carboxylic acids is 1. The lowest BCUT2D eigenvalue weighted by molar-refractivity contribution is 0.0696. The summed E-state index contributed by atoms with van der Waals surface area (Å²) < 4.78 is 38.1. The molecular formula is C17H16N2O6S. The van der Waals surface area contributed by atoms with E-state index in [4.69, 9.17) is 13.9 Å². The van der Waals surface area contributed by atoms with Crippen LogP contribution in [0.25, 0.3) is 0 Å². The first-order chi connectivity index (χ1) is 12.5. The lowest BCUT2D eigenvalue weighted by Gasteiger charge is -2.13. The van der Waals surface area contributed by atoms with Crippen molar-refractivity contribution in [3.8, 4) is 0 Å². The van der Waals surface area contributed by atoms with Gasteiger partial charge in [0.25, 0.3) is 0 Å². The Labute approximate surface area is 149 Å². The van der Waals surface area contributed by atoms with Crippen LogP contribution in [0.4, 0.5) is 5.69 Å². The van der Waals surface area contributed by atoms with Crippen molar-refractivity contribution in [2.75, 3.05) is 5.32 Å². The Bertz CT molecular complexity index is 978. The van der Waals surface area contributed by atoms with E-state index in [1.54, 1.807) is 24.3 Å². The van der Waals surface area contributed by atoms with Crippen LogP contribution in [0.2, 0.25) is 0 Å². The molecule has 0 aliphatic heterocycles. The SMILES string of the molecule is O=C(O)c1ccc(NCc2ccco2)c(S(=O)(=O)NCc2ccco2)c1. The van der Waals surface area contributed by atoms with Crippen LogP contribution in [0.3, 0.4) is 0 Å². The third kappa shape index (κ3) is 4.13. The number of anilines is 1. The Hall–Kier alpha value is -3.04. The molecule has 0 saturated heterocycles. The van der Waals surface area contributed by atoms with Crippen molar-refractivity contribution in [1.82, 2.24) is 4.72 Å². The number of hydrogen-bond donors (Lipinski definition) is 3. The second-order valence-electron chi connectivity index (χ2n) is 5.35. The largest absolute Gasteiger partial charge is 0.478 e. The molecule has 2 heterocycles. The molecule has 3 rings (SSSR count). The van der Waals surface area contributed by atoms with Crippen molar-refractivity contribution in [1.29, 1.82) is 0 Å². The van der Waals surface area contributed by atoms with Crippen molar-refractivity contribution in [3.63, 3.8) is 0 Å². The molecule has 0 aliphatic carbocycles. The quantitative estimate of drug-likeness (QED) is 0.552. The van der Waals surface area contributed by atoms with Crippen LogP contribution in [0.15, 0.2) is 68.7 Å². The van der Waals surface area contributed by atoms with Crippen LogP contribution in [-0.2, 0) is 23.1 Å². The van der Waals surface area contributed by atoms with E-state index >= 15 is 0 Å². The van der Waals surface area contributed by atoms with Gasteiger partial charge in [0.2, 0.25) is 10.0 Å². The maximum absolute atomic E-state index is 12.7. The Balaban J connectivity index is 1.87. The molecule has 2 aromatic heterocycles. The fourth-order valence-corrected chi connectivity index (χ4v) is 3.48. The van der Waals surface area contributed by atoms with Gasteiger partial charge in [0, 0.05) is 0 Å². The van der Waals surface area contributed by atoms with Crippen LogP contribution < -0.4 is 10.0 Å². The second kappa shape index (κ2) is 7.46. The van der Waals surface area contributed by atoms with Crippen LogP contribution in [0.5, 0.6) is 0 Å². The second-order valence-corrected chi connectivity index (χ2v) is 7.09. The molecule has 0 spiro atoms. The molecule has 1 aromatic carbocycles. The average Bonchev–Trinajstić information content (AvgIpc) is 3.31. The van der Waals surface area contributed by atoms with Gasteiger partial charge in [-0.1, -0.05) is 0 Å². The third-order valence-corrected chi connectivity index (χ3v) is 5.01. The van der Waals surface area contributed by atoms with Crippen molar-refractivity contribution in [2.45, 2.75) is 18.0 Å². The fourth-order valence-electron chi connectivity index (χ4n) is 2.28. The normalized spacial score (nSPS) is 11.4. The predicted octanol–water partition coefficient (Wildman–Crippen LogP) is 2.66. The van der Waals surface area contributed by atoms with Gasteiger partial charge in [-0.05, 0) is 42.5 Å². The van der Waals surface area contributed by atoms with Gasteiger partial charge in [-0.3, -0.25) is 0 Å². The predicted molar refractivity (Wildman–Crippen MR) is 92.2 cm³/mol. The summed E-state index contributed by atoms with van der Waals surface area (Å²) in [4.78, 5) is 11.0. The zero-order chi connectivity index (χ0) is 18.6. The molecule has 0 aliphatic rings. The molecule has 3 N–H and O–H groups in total. The van der Waals surface area contributed by atoms with Gasteiger partial charge in [-0.25, -0.2) is 17.9 Å². The number of rotatable bonds is 8. The Morgan fingerprint density at radius 2 is 1.65 bits per heavy atom. The molecule has 0 saturated carbocycles. The zero-order valence-electron chi connectivity index (χ0n) is 13.5. The summed E-state index contributed by atoms with van der Waals surface area (Å²) in [5.74, 6) is -0.169. The summed E-state index contributed by atoms with van der Waals surface area (Å²) in [6.07, 6.45) is 2.94. The summed E-state index contributed by atoms with van der Waals surface area (Å²) in [6.45, 7) is 0.199. The number of hydrogen-bond acceptors (Lipinski definition) is 6. The number of furan rings is 2.